The summed E-state index contributed by atoms with van der Waals surface area (Å²) in [7, 11) is 1.51. The number of carbonyl (C=O) groups is 2. The lowest BCUT2D eigenvalue weighted by Gasteiger charge is -2.21. The lowest BCUT2D eigenvalue weighted by Crippen LogP contribution is -2.32. The molecule has 1 aliphatic rings. The maximum atomic E-state index is 12.4. The number of amides is 1. The third-order valence-corrected chi connectivity index (χ3v) is 4.17. The van der Waals surface area contributed by atoms with E-state index in [0.29, 0.717) is 5.69 Å². The highest BCUT2D eigenvalue weighted by Gasteiger charge is 2.24. The number of nitriles is 1. The molecule has 0 bridgehead atoms. The summed E-state index contributed by atoms with van der Waals surface area (Å²) in [6, 6.07) is 6.00. The van der Waals surface area contributed by atoms with E-state index in [1.165, 1.54) is 24.1 Å². The molecule has 2 rings (SSSR count). The standard InChI is InChI=1S/C17H20N4O5/c1-19(8-4-7-18)16(22)12-26-17(23)14-11-13(21(24)25)5-6-15(14)20-9-2-3-10-20/h5-6,11H,2-4,8-10,12H2,1H3. The lowest BCUT2D eigenvalue weighted by atomic mass is 10.1. The zero-order valence-electron chi connectivity index (χ0n) is 14.5. The van der Waals surface area contributed by atoms with Gasteiger partial charge in [0.25, 0.3) is 11.6 Å². The van der Waals surface area contributed by atoms with Crippen LogP contribution in [-0.2, 0) is 9.53 Å². The van der Waals surface area contributed by atoms with Gasteiger partial charge < -0.3 is 14.5 Å². The van der Waals surface area contributed by atoms with Gasteiger partial charge in [-0.05, 0) is 18.9 Å². The molecule has 0 radical (unpaired) electrons. The predicted octanol–water partition coefficient (Wildman–Crippen LogP) is 1.72. The van der Waals surface area contributed by atoms with Gasteiger partial charge in [-0.2, -0.15) is 5.26 Å². The van der Waals surface area contributed by atoms with Crippen molar-refractivity contribution < 1.29 is 19.2 Å². The molecule has 0 atom stereocenters. The summed E-state index contributed by atoms with van der Waals surface area (Å²) in [4.78, 5) is 38.1. The summed E-state index contributed by atoms with van der Waals surface area (Å²) in [5.41, 5.74) is 0.439. The molecule has 1 heterocycles. The van der Waals surface area contributed by atoms with Crippen LogP contribution >= 0.6 is 0 Å². The molecule has 1 fully saturated rings. The van der Waals surface area contributed by atoms with Gasteiger partial charge in [-0.3, -0.25) is 14.9 Å². The Labute approximate surface area is 150 Å². The monoisotopic (exact) mass is 360 g/mol. The molecule has 0 aliphatic carbocycles. The molecule has 0 saturated carbocycles. The summed E-state index contributed by atoms with van der Waals surface area (Å²) < 4.78 is 5.06. The number of rotatable bonds is 7. The Balaban J connectivity index is 2.13. The van der Waals surface area contributed by atoms with Crippen LogP contribution in [0.3, 0.4) is 0 Å². The van der Waals surface area contributed by atoms with E-state index in [1.807, 2.05) is 11.0 Å². The molecule has 1 saturated heterocycles. The average molecular weight is 360 g/mol. The molecule has 0 N–H and O–H groups in total. The quantitative estimate of drug-likeness (QED) is 0.413. The van der Waals surface area contributed by atoms with Crippen molar-refractivity contribution in [2.45, 2.75) is 19.3 Å². The van der Waals surface area contributed by atoms with Crippen molar-refractivity contribution in [1.29, 1.82) is 5.26 Å². The van der Waals surface area contributed by atoms with Gasteiger partial charge >= 0.3 is 5.97 Å². The van der Waals surface area contributed by atoms with Gasteiger partial charge in [0.05, 0.1) is 28.7 Å². The minimum atomic E-state index is -0.780. The fourth-order valence-corrected chi connectivity index (χ4v) is 2.69. The topological polar surface area (TPSA) is 117 Å². The molecule has 1 aromatic rings. The summed E-state index contributed by atoms with van der Waals surface area (Å²) in [5.74, 6) is -1.22. The van der Waals surface area contributed by atoms with Crippen LogP contribution in [-0.4, -0.2) is 55.0 Å². The maximum Gasteiger partial charge on any atom is 0.341 e. The Morgan fingerprint density at radius 1 is 1.38 bits per heavy atom. The first-order valence-electron chi connectivity index (χ1n) is 8.25. The third-order valence-electron chi connectivity index (χ3n) is 4.17. The highest BCUT2D eigenvalue weighted by molar-refractivity contribution is 5.97. The third kappa shape index (κ3) is 4.69. The normalized spacial score (nSPS) is 13.2. The second kappa shape index (κ2) is 8.80. The first-order valence-corrected chi connectivity index (χ1v) is 8.25. The van der Waals surface area contributed by atoms with Crippen LogP contribution in [0.4, 0.5) is 11.4 Å². The van der Waals surface area contributed by atoms with Crippen molar-refractivity contribution in [3.8, 4) is 6.07 Å². The number of nitrogens with zero attached hydrogens (tertiary/aromatic N) is 4. The number of nitro groups is 1. The first-order chi connectivity index (χ1) is 12.4. The number of esters is 1. The molecule has 1 amide bonds. The Kier molecular flexibility index (Phi) is 6.49. The molecule has 9 nitrogen and oxygen atoms in total. The smallest absolute Gasteiger partial charge is 0.341 e. The molecule has 1 aliphatic heterocycles. The zero-order chi connectivity index (χ0) is 19.1. The molecular formula is C17H20N4O5. The fourth-order valence-electron chi connectivity index (χ4n) is 2.69. The summed E-state index contributed by atoms with van der Waals surface area (Å²) >= 11 is 0. The molecule has 9 heteroatoms. The number of hydrogen-bond donors (Lipinski definition) is 0. The second-order valence-corrected chi connectivity index (χ2v) is 5.95. The number of ether oxygens (including phenoxy) is 1. The van der Waals surface area contributed by atoms with Crippen LogP contribution in [0.1, 0.15) is 29.6 Å². The molecule has 0 aromatic heterocycles. The van der Waals surface area contributed by atoms with Gasteiger partial charge in [0.15, 0.2) is 6.61 Å². The van der Waals surface area contributed by atoms with Crippen LogP contribution in [0.5, 0.6) is 0 Å². The van der Waals surface area contributed by atoms with Gasteiger partial charge in [0.1, 0.15) is 0 Å². The summed E-state index contributed by atoms with van der Waals surface area (Å²) in [6.07, 6.45) is 2.14. The SMILES string of the molecule is CN(CCC#N)C(=O)COC(=O)c1cc([N+](=O)[O-])ccc1N1CCCC1. The number of benzene rings is 1. The average Bonchev–Trinajstić information content (AvgIpc) is 3.17. The predicted molar refractivity (Wildman–Crippen MR) is 92.7 cm³/mol. The number of carbonyl (C=O) groups excluding carboxylic acids is 2. The van der Waals surface area contributed by atoms with E-state index in [0.717, 1.165) is 25.9 Å². The van der Waals surface area contributed by atoms with Crippen molar-refractivity contribution in [1.82, 2.24) is 4.90 Å². The summed E-state index contributed by atoms with van der Waals surface area (Å²) in [6.45, 7) is 1.27. The maximum absolute atomic E-state index is 12.4. The molecular weight excluding hydrogens is 340 g/mol. The van der Waals surface area contributed by atoms with Crippen molar-refractivity contribution in [2.24, 2.45) is 0 Å². The fraction of sp³-hybridized carbons (Fsp3) is 0.471. The first kappa shape index (κ1) is 19.2. The van der Waals surface area contributed by atoms with Crippen LogP contribution in [0.25, 0.3) is 0 Å². The van der Waals surface area contributed by atoms with E-state index in [9.17, 15) is 19.7 Å². The van der Waals surface area contributed by atoms with Gasteiger partial charge in [-0.1, -0.05) is 0 Å². The van der Waals surface area contributed by atoms with E-state index in [1.54, 1.807) is 6.07 Å². The van der Waals surface area contributed by atoms with Crippen molar-refractivity contribution >= 4 is 23.3 Å². The van der Waals surface area contributed by atoms with Gasteiger partial charge in [-0.25, -0.2) is 4.79 Å². The molecule has 0 spiro atoms. The van der Waals surface area contributed by atoms with Gasteiger partial charge in [-0.15, -0.1) is 0 Å². The van der Waals surface area contributed by atoms with Crippen molar-refractivity contribution in [3.05, 3.63) is 33.9 Å². The highest BCUT2D eigenvalue weighted by atomic mass is 16.6. The zero-order valence-corrected chi connectivity index (χ0v) is 14.5. The van der Waals surface area contributed by atoms with E-state index in [-0.39, 0.29) is 24.2 Å². The van der Waals surface area contributed by atoms with Crippen LogP contribution in [0, 0.1) is 21.4 Å². The number of anilines is 1. The minimum Gasteiger partial charge on any atom is -0.452 e. The molecule has 138 valence electrons. The van der Waals surface area contributed by atoms with Crippen LogP contribution < -0.4 is 4.90 Å². The van der Waals surface area contributed by atoms with E-state index < -0.39 is 23.4 Å². The van der Waals surface area contributed by atoms with Crippen molar-refractivity contribution in [2.75, 3.05) is 38.2 Å². The van der Waals surface area contributed by atoms with Crippen LogP contribution in [0.15, 0.2) is 18.2 Å². The van der Waals surface area contributed by atoms with Gasteiger partial charge in [0.2, 0.25) is 0 Å². The Morgan fingerprint density at radius 3 is 2.69 bits per heavy atom. The molecule has 0 unspecified atom stereocenters. The van der Waals surface area contributed by atoms with E-state index in [4.69, 9.17) is 10.00 Å². The Morgan fingerprint density at radius 2 is 2.08 bits per heavy atom. The van der Waals surface area contributed by atoms with E-state index in [2.05, 4.69) is 0 Å². The number of nitro benzene ring substituents is 1. The highest BCUT2D eigenvalue weighted by Crippen LogP contribution is 2.28. The number of hydrogen-bond acceptors (Lipinski definition) is 7. The lowest BCUT2D eigenvalue weighted by molar-refractivity contribution is -0.384. The second-order valence-electron chi connectivity index (χ2n) is 5.95. The summed E-state index contributed by atoms with van der Waals surface area (Å²) in [5, 5.41) is 19.6. The minimum absolute atomic E-state index is 0.0774. The molecule has 26 heavy (non-hydrogen) atoms. The number of non-ortho nitro benzene ring substituents is 1. The van der Waals surface area contributed by atoms with Crippen LogP contribution in [0.2, 0.25) is 0 Å². The van der Waals surface area contributed by atoms with Crippen molar-refractivity contribution in [3.63, 3.8) is 0 Å². The number of likely N-dealkylation sites (N-methyl/N-ethyl adjacent to an activating group) is 1. The molecule has 1 aromatic carbocycles. The largest absolute Gasteiger partial charge is 0.452 e. The van der Waals surface area contributed by atoms with E-state index >= 15 is 0 Å². The Hall–Kier alpha value is -3.15. The Bertz CT molecular complexity index is 737. The van der Waals surface area contributed by atoms with Gasteiger partial charge in [0, 0.05) is 38.8 Å².